The van der Waals surface area contributed by atoms with Gasteiger partial charge in [0, 0.05) is 31.9 Å². The van der Waals surface area contributed by atoms with Crippen LogP contribution >= 0.6 is 24.0 Å². The van der Waals surface area contributed by atoms with Gasteiger partial charge >= 0.3 is 0 Å². The molecule has 2 N–H and O–H groups in total. The van der Waals surface area contributed by atoms with Crippen molar-refractivity contribution in [2.24, 2.45) is 17.8 Å². The molecule has 0 spiro atoms. The molecular formula is C17H24IN5. The van der Waals surface area contributed by atoms with Crippen LogP contribution in [0.2, 0.25) is 0 Å². The van der Waals surface area contributed by atoms with Crippen molar-refractivity contribution in [2.45, 2.75) is 25.8 Å². The third-order valence-electron chi connectivity index (χ3n) is 4.07. The highest BCUT2D eigenvalue weighted by atomic mass is 127. The Kier molecular flexibility index (Phi) is 6.44. The summed E-state index contributed by atoms with van der Waals surface area (Å²) in [6.07, 6.45) is 7.63. The van der Waals surface area contributed by atoms with Crippen LogP contribution in [-0.2, 0) is 13.6 Å². The van der Waals surface area contributed by atoms with Crippen molar-refractivity contribution in [1.82, 2.24) is 14.7 Å². The number of rotatable bonds is 3. The SMILES string of the molecule is Cn1cc(-c2cccc(CN=C(N)N3CCCCC3)c2)cn1.I. The molecule has 0 radical (unpaired) electrons. The van der Waals surface area contributed by atoms with Gasteiger partial charge in [-0.15, -0.1) is 24.0 Å². The molecule has 1 aromatic carbocycles. The summed E-state index contributed by atoms with van der Waals surface area (Å²) in [4.78, 5) is 6.75. The average molecular weight is 425 g/mol. The Balaban J connectivity index is 0.00000192. The van der Waals surface area contributed by atoms with Gasteiger partial charge in [0.2, 0.25) is 0 Å². The molecule has 1 aromatic heterocycles. The van der Waals surface area contributed by atoms with Crippen LogP contribution in [0.3, 0.4) is 0 Å². The molecular weight excluding hydrogens is 401 g/mol. The average Bonchev–Trinajstić information content (AvgIpc) is 3.00. The fourth-order valence-corrected chi connectivity index (χ4v) is 2.81. The van der Waals surface area contributed by atoms with E-state index in [1.54, 1.807) is 0 Å². The van der Waals surface area contributed by atoms with Crippen molar-refractivity contribution < 1.29 is 0 Å². The van der Waals surface area contributed by atoms with Crippen molar-refractivity contribution in [3.05, 3.63) is 42.2 Å². The van der Waals surface area contributed by atoms with Crippen LogP contribution in [0.5, 0.6) is 0 Å². The largest absolute Gasteiger partial charge is 0.370 e. The van der Waals surface area contributed by atoms with Gasteiger partial charge in [-0.05, 0) is 36.5 Å². The van der Waals surface area contributed by atoms with E-state index in [-0.39, 0.29) is 24.0 Å². The maximum atomic E-state index is 6.11. The van der Waals surface area contributed by atoms with Gasteiger partial charge in [0.1, 0.15) is 0 Å². The zero-order chi connectivity index (χ0) is 15.4. The maximum absolute atomic E-state index is 6.11. The number of hydrogen-bond acceptors (Lipinski definition) is 2. The second-order valence-corrected chi connectivity index (χ2v) is 5.83. The van der Waals surface area contributed by atoms with Gasteiger partial charge in [0.05, 0.1) is 12.7 Å². The van der Waals surface area contributed by atoms with E-state index in [0.29, 0.717) is 12.5 Å². The summed E-state index contributed by atoms with van der Waals surface area (Å²) in [5, 5.41) is 4.22. The van der Waals surface area contributed by atoms with E-state index in [9.17, 15) is 0 Å². The monoisotopic (exact) mass is 425 g/mol. The van der Waals surface area contributed by atoms with Crippen molar-refractivity contribution in [2.75, 3.05) is 13.1 Å². The van der Waals surface area contributed by atoms with Crippen LogP contribution in [-0.4, -0.2) is 33.7 Å². The number of aryl methyl sites for hydroxylation is 1. The van der Waals surface area contributed by atoms with Gasteiger partial charge in [-0.25, -0.2) is 4.99 Å². The van der Waals surface area contributed by atoms with Crippen LogP contribution in [0.15, 0.2) is 41.7 Å². The normalized spacial score (nSPS) is 15.3. The Bertz CT molecular complexity index is 659. The summed E-state index contributed by atoms with van der Waals surface area (Å²) >= 11 is 0. The van der Waals surface area contributed by atoms with Gasteiger partial charge in [0.15, 0.2) is 5.96 Å². The minimum absolute atomic E-state index is 0. The van der Waals surface area contributed by atoms with E-state index in [1.165, 1.54) is 24.8 Å². The highest BCUT2D eigenvalue weighted by molar-refractivity contribution is 14.0. The van der Waals surface area contributed by atoms with Crippen molar-refractivity contribution in [1.29, 1.82) is 0 Å². The summed E-state index contributed by atoms with van der Waals surface area (Å²) in [5.41, 5.74) is 9.57. The lowest BCUT2D eigenvalue weighted by Gasteiger charge is -2.27. The number of halogens is 1. The third kappa shape index (κ3) is 4.70. The van der Waals surface area contributed by atoms with Crippen LogP contribution in [0.4, 0.5) is 0 Å². The standard InChI is InChI=1S/C17H23N5.HI/c1-21-13-16(12-20-21)15-7-5-6-14(10-15)11-19-17(18)22-8-3-2-4-9-22;/h5-7,10,12-13H,2-4,8-9,11H2,1H3,(H2,18,19);1H. The lowest BCUT2D eigenvalue weighted by molar-refractivity contribution is 0.338. The fraction of sp³-hybridized carbons (Fsp3) is 0.412. The summed E-state index contributed by atoms with van der Waals surface area (Å²) in [6, 6.07) is 8.40. The van der Waals surface area contributed by atoms with Gasteiger partial charge in [-0.3, -0.25) is 4.68 Å². The van der Waals surface area contributed by atoms with Gasteiger partial charge < -0.3 is 10.6 Å². The molecule has 2 heterocycles. The van der Waals surface area contributed by atoms with E-state index >= 15 is 0 Å². The second-order valence-electron chi connectivity index (χ2n) is 5.83. The molecule has 0 amide bonds. The third-order valence-corrected chi connectivity index (χ3v) is 4.07. The summed E-state index contributed by atoms with van der Waals surface area (Å²) in [5.74, 6) is 0.673. The van der Waals surface area contributed by atoms with E-state index in [2.05, 4.69) is 39.3 Å². The Morgan fingerprint density at radius 2 is 2.00 bits per heavy atom. The number of aliphatic imine (C=N–C) groups is 1. The molecule has 1 aliphatic heterocycles. The number of nitrogens with two attached hydrogens (primary N) is 1. The first kappa shape index (κ1) is 17.8. The number of piperidine rings is 1. The van der Waals surface area contributed by atoms with E-state index < -0.39 is 0 Å². The minimum atomic E-state index is 0. The molecule has 1 aliphatic rings. The van der Waals surface area contributed by atoms with Crippen LogP contribution in [0.1, 0.15) is 24.8 Å². The molecule has 124 valence electrons. The molecule has 0 unspecified atom stereocenters. The molecule has 0 aliphatic carbocycles. The minimum Gasteiger partial charge on any atom is -0.370 e. The fourth-order valence-electron chi connectivity index (χ4n) is 2.81. The Labute approximate surface area is 154 Å². The van der Waals surface area contributed by atoms with Gasteiger partial charge in [-0.1, -0.05) is 18.2 Å². The first-order chi connectivity index (χ1) is 10.7. The number of hydrogen-bond donors (Lipinski definition) is 1. The molecule has 1 saturated heterocycles. The zero-order valence-corrected chi connectivity index (χ0v) is 15.8. The van der Waals surface area contributed by atoms with Crippen molar-refractivity contribution in [3.63, 3.8) is 0 Å². The number of guanidine groups is 1. The quantitative estimate of drug-likeness (QED) is 0.467. The first-order valence-corrected chi connectivity index (χ1v) is 7.85. The van der Waals surface area contributed by atoms with E-state index in [1.807, 2.05) is 24.1 Å². The highest BCUT2D eigenvalue weighted by Crippen LogP contribution is 2.20. The van der Waals surface area contributed by atoms with Crippen LogP contribution in [0.25, 0.3) is 11.1 Å². The molecule has 2 aromatic rings. The van der Waals surface area contributed by atoms with Gasteiger partial charge in [-0.2, -0.15) is 5.10 Å². The predicted octanol–water partition coefficient (Wildman–Crippen LogP) is 3.01. The molecule has 23 heavy (non-hydrogen) atoms. The lowest BCUT2D eigenvalue weighted by Crippen LogP contribution is -2.40. The van der Waals surface area contributed by atoms with E-state index in [4.69, 9.17) is 5.73 Å². The Morgan fingerprint density at radius 3 is 2.70 bits per heavy atom. The number of likely N-dealkylation sites (tertiary alicyclic amines) is 1. The second kappa shape index (κ2) is 8.33. The topological polar surface area (TPSA) is 59.4 Å². The van der Waals surface area contributed by atoms with E-state index in [0.717, 1.165) is 24.2 Å². The summed E-state index contributed by atoms with van der Waals surface area (Å²) in [6.45, 7) is 2.69. The molecule has 0 atom stereocenters. The van der Waals surface area contributed by atoms with Crippen LogP contribution < -0.4 is 5.73 Å². The molecule has 0 saturated carbocycles. The highest BCUT2D eigenvalue weighted by Gasteiger charge is 2.11. The number of aromatic nitrogens is 2. The number of nitrogens with zero attached hydrogens (tertiary/aromatic N) is 4. The van der Waals surface area contributed by atoms with Crippen molar-refractivity contribution >= 4 is 29.9 Å². The Hall–Kier alpha value is -1.57. The van der Waals surface area contributed by atoms with Crippen molar-refractivity contribution in [3.8, 4) is 11.1 Å². The molecule has 1 fully saturated rings. The van der Waals surface area contributed by atoms with Crippen LogP contribution in [0, 0.1) is 0 Å². The molecule has 6 heteroatoms. The molecule has 5 nitrogen and oxygen atoms in total. The first-order valence-electron chi connectivity index (χ1n) is 7.85. The lowest BCUT2D eigenvalue weighted by atomic mass is 10.1. The molecule has 0 bridgehead atoms. The molecule has 3 rings (SSSR count). The smallest absolute Gasteiger partial charge is 0.191 e. The number of benzene rings is 1. The van der Waals surface area contributed by atoms with Gasteiger partial charge in [0.25, 0.3) is 0 Å². The zero-order valence-electron chi connectivity index (χ0n) is 13.5. The predicted molar refractivity (Wildman–Crippen MR) is 105 cm³/mol. The Morgan fingerprint density at radius 1 is 1.22 bits per heavy atom. The summed E-state index contributed by atoms with van der Waals surface area (Å²) < 4.78 is 1.81. The summed E-state index contributed by atoms with van der Waals surface area (Å²) in [7, 11) is 1.93. The maximum Gasteiger partial charge on any atom is 0.191 e.